The van der Waals surface area contributed by atoms with Crippen molar-refractivity contribution in [3.63, 3.8) is 0 Å². The van der Waals surface area contributed by atoms with E-state index in [9.17, 15) is 4.79 Å². The summed E-state index contributed by atoms with van der Waals surface area (Å²) in [4.78, 5) is 12.5. The summed E-state index contributed by atoms with van der Waals surface area (Å²) in [5, 5.41) is 19.1. The van der Waals surface area contributed by atoms with E-state index in [-0.39, 0.29) is 24.1 Å². The monoisotopic (exact) mass is 384 g/mol. The van der Waals surface area contributed by atoms with Crippen LogP contribution >= 0.6 is 0 Å². The summed E-state index contributed by atoms with van der Waals surface area (Å²) in [6.45, 7) is 2.15. The Morgan fingerprint density at radius 2 is 2.21 bits per heavy atom. The van der Waals surface area contributed by atoms with Crippen LogP contribution in [0.2, 0.25) is 0 Å². The van der Waals surface area contributed by atoms with Crippen molar-refractivity contribution in [3.8, 4) is 17.3 Å². The summed E-state index contributed by atoms with van der Waals surface area (Å²) in [6.07, 6.45) is 2.76. The number of nitrogens with zero attached hydrogens (tertiary/aromatic N) is 6. The second-order valence-electron chi connectivity index (χ2n) is 5.83. The molecule has 12 nitrogen and oxygen atoms in total. The number of carbonyl (C=O) groups excluding carboxylic acids is 1. The Bertz CT molecular complexity index is 1040. The maximum absolute atomic E-state index is 12.5. The first kappa shape index (κ1) is 17.5. The summed E-state index contributed by atoms with van der Waals surface area (Å²) >= 11 is 0. The number of rotatable bonds is 6. The Balaban J connectivity index is 1.52. The van der Waals surface area contributed by atoms with E-state index >= 15 is 0 Å². The van der Waals surface area contributed by atoms with Gasteiger partial charge in [-0.1, -0.05) is 18.6 Å². The number of nitrogen functional groups attached to an aromatic ring is 1. The van der Waals surface area contributed by atoms with Crippen LogP contribution in [0.5, 0.6) is 11.5 Å². The molecule has 4 rings (SSSR count). The minimum atomic E-state index is -0.512. The van der Waals surface area contributed by atoms with E-state index in [1.165, 1.54) is 10.9 Å². The number of amides is 1. The first-order chi connectivity index (χ1) is 13.7. The Morgan fingerprint density at radius 1 is 1.36 bits per heavy atom. The highest BCUT2D eigenvalue weighted by Crippen LogP contribution is 2.31. The average Bonchev–Trinajstić information content (AvgIpc) is 3.41. The van der Waals surface area contributed by atoms with Gasteiger partial charge in [0.15, 0.2) is 17.2 Å². The van der Waals surface area contributed by atoms with Crippen molar-refractivity contribution in [2.75, 3.05) is 12.5 Å². The van der Waals surface area contributed by atoms with Gasteiger partial charge in [-0.15, -0.1) is 5.10 Å². The molecule has 3 aromatic rings. The number of carbonyl (C=O) groups is 1. The van der Waals surface area contributed by atoms with Crippen molar-refractivity contribution in [1.29, 1.82) is 0 Å². The van der Waals surface area contributed by atoms with E-state index in [1.54, 1.807) is 18.2 Å². The number of benzene rings is 1. The summed E-state index contributed by atoms with van der Waals surface area (Å²) in [6, 6.07) is 5.33. The van der Waals surface area contributed by atoms with Gasteiger partial charge in [-0.3, -0.25) is 4.79 Å². The van der Waals surface area contributed by atoms with Crippen LogP contribution in [0.4, 0.5) is 5.82 Å². The summed E-state index contributed by atoms with van der Waals surface area (Å²) in [5.74, 6) is 1.02. The lowest BCUT2D eigenvalue weighted by molar-refractivity contribution is 0.0949. The molecule has 1 aromatic carbocycles. The third-order valence-corrected chi connectivity index (χ3v) is 3.94. The number of hydrogen-bond acceptors (Lipinski definition) is 10. The molecule has 1 aliphatic rings. The number of ether oxygens (including phenoxy) is 2. The molecule has 0 unspecified atom stereocenters. The quantitative estimate of drug-likeness (QED) is 0.461. The SMILES string of the molecule is CCCc1c(C(=O)NN=Cc2ccc3c(c2)OCO3)nnn1-c1nonc1N. The molecule has 1 aliphatic heterocycles. The first-order valence-corrected chi connectivity index (χ1v) is 8.43. The van der Waals surface area contributed by atoms with E-state index in [0.717, 1.165) is 12.0 Å². The summed E-state index contributed by atoms with van der Waals surface area (Å²) in [7, 11) is 0. The number of nitrogens with one attached hydrogen (secondary N) is 1. The Labute approximate surface area is 158 Å². The zero-order valence-corrected chi connectivity index (χ0v) is 14.8. The van der Waals surface area contributed by atoms with Crippen molar-refractivity contribution >= 4 is 17.9 Å². The predicted molar refractivity (Wildman–Crippen MR) is 95.2 cm³/mol. The number of hydrazone groups is 1. The van der Waals surface area contributed by atoms with Gasteiger partial charge in [-0.05, 0) is 40.5 Å². The van der Waals surface area contributed by atoms with Gasteiger partial charge in [0, 0.05) is 0 Å². The van der Waals surface area contributed by atoms with Crippen LogP contribution in [0, 0.1) is 0 Å². The van der Waals surface area contributed by atoms with Crippen LogP contribution in [-0.4, -0.2) is 44.2 Å². The lowest BCUT2D eigenvalue weighted by atomic mass is 10.2. The molecular formula is C16H16N8O4. The number of nitrogens with two attached hydrogens (primary N) is 1. The fraction of sp³-hybridized carbons (Fsp3) is 0.250. The van der Waals surface area contributed by atoms with Crippen molar-refractivity contribution in [1.82, 2.24) is 30.7 Å². The molecule has 144 valence electrons. The van der Waals surface area contributed by atoms with E-state index in [4.69, 9.17) is 15.2 Å². The zero-order chi connectivity index (χ0) is 19.5. The second kappa shape index (κ2) is 7.34. The molecule has 1 amide bonds. The smallest absolute Gasteiger partial charge is 0.293 e. The lowest BCUT2D eigenvalue weighted by Gasteiger charge is -2.03. The molecule has 3 heterocycles. The van der Waals surface area contributed by atoms with Crippen molar-refractivity contribution in [2.24, 2.45) is 5.10 Å². The van der Waals surface area contributed by atoms with E-state index in [0.29, 0.717) is 23.6 Å². The molecule has 3 N–H and O–H groups in total. The van der Waals surface area contributed by atoms with Crippen molar-refractivity contribution in [2.45, 2.75) is 19.8 Å². The number of aromatic nitrogens is 5. The standard InChI is InChI=1S/C16H16N8O4/c1-2-3-10-13(19-23-24(10)15-14(17)21-28-22-15)16(25)20-18-7-9-4-5-11-12(6-9)27-8-26-11/h4-7H,2-3,8H2,1H3,(H2,17,21)(H,20,25). The number of anilines is 1. The third kappa shape index (κ3) is 3.22. The first-order valence-electron chi connectivity index (χ1n) is 8.43. The van der Waals surface area contributed by atoms with Gasteiger partial charge in [0.2, 0.25) is 18.4 Å². The zero-order valence-electron chi connectivity index (χ0n) is 14.8. The maximum atomic E-state index is 12.5. The van der Waals surface area contributed by atoms with E-state index < -0.39 is 5.91 Å². The molecule has 0 saturated heterocycles. The minimum absolute atomic E-state index is 0.0510. The van der Waals surface area contributed by atoms with Gasteiger partial charge in [-0.25, -0.2) is 10.1 Å². The molecule has 0 saturated carbocycles. The van der Waals surface area contributed by atoms with Crippen LogP contribution in [0.15, 0.2) is 27.9 Å². The summed E-state index contributed by atoms with van der Waals surface area (Å²) in [5.41, 5.74) is 9.53. The normalized spacial score (nSPS) is 12.6. The van der Waals surface area contributed by atoms with Crippen LogP contribution < -0.4 is 20.6 Å². The Morgan fingerprint density at radius 3 is 3.00 bits per heavy atom. The molecule has 0 radical (unpaired) electrons. The maximum Gasteiger partial charge on any atom is 0.293 e. The molecule has 0 spiro atoms. The number of hydrogen-bond donors (Lipinski definition) is 2. The van der Waals surface area contributed by atoms with E-state index in [2.05, 4.69) is 35.8 Å². The number of fused-ring (bicyclic) bond motifs is 1. The molecule has 12 heteroatoms. The highest BCUT2D eigenvalue weighted by molar-refractivity contribution is 5.94. The Kier molecular flexibility index (Phi) is 4.58. The van der Waals surface area contributed by atoms with Crippen LogP contribution in [0.25, 0.3) is 5.82 Å². The van der Waals surface area contributed by atoms with E-state index in [1.807, 2.05) is 6.92 Å². The second-order valence-corrected chi connectivity index (χ2v) is 5.83. The predicted octanol–water partition coefficient (Wildman–Crippen LogP) is 0.678. The van der Waals surface area contributed by atoms with Gasteiger partial charge in [0.1, 0.15) is 0 Å². The van der Waals surface area contributed by atoms with Gasteiger partial charge >= 0.3 is 0 Å². The van der Waals surface area contributed by atoms with Crippen LogP contribution in [0.1, 0.15) is 35.1 Å². The largest absolute Gasteiger partial charge is 0.454 e. The van der Waals surface area contributed by atoms with Crippen LogP contribution in [-0.2, 0) is 6.42 Å². The fourth-order valence-corrected chi connectivity index (χ4v) is 2.66. The molecule has 0 atom stereocenters. The topological polar surface area (TPSA) is 156 Å². The van der Waals surface area contributed by atoms with Crippen molar-refractivity contribution in [3.05, 3.63) is 35.2 Å². The molecule has 0 aliphatic carbocycles. The fourth-order valence-electron chi connectivity index (χ4n) is 2.66. The molecule has 2 aromatic heterocycles. The van der Waals surface area contributed by atoms with Gasteiger partial charge in [0.25, 0.3) is 5.91 Å². The average molecular weight is 384 g/mol. The highest BCUT2D eigenvalue weighted by Gasteiger charge is 2.23. The minimum Gasteiger partial charge on any atom is -0.454 e. The van der Waals surface area contributed by atoms with Gasteiger partial charge in [-0.2, -0.15) is 9.78 Å². The van der Waals surface area contributed by atoms with Crippen molar-refractivity contribution < 1.29 is 18.9 Å². The third-order valence-electron chi connectivity index (χ3n) is 3.94. The molecule has 0 bridgehead atoms. The summed E-state index contributed by atoms with van der Waals surface area (Å²) < 4.78 is 16.5. The lowest BCUT2D eigenvalue weighted by Crippen LogP contribution is -2.20. The molecule has 0 fully saturated rings. The van der Waals surface area contributed by atoms with Gasteiger partial charge < -0.3 is 15.2 Å². The molecular weight excluding hydrogens is 368 g/mol. The van der Waals surface area contributed by atoms with Crippen LogP contribution in [0.3, 0.4) is 0 Å². The molecule has 28 heavy (non-hydrogen) atoms. The Hall–Kier alpha value is -3.96. The highest BCUT2D eigenvalue weighted by atomic mass is 16.7. The van der Waals surface area contributed by atoms with Gasteiger partial charge in [0.05, 0.1) is 11.9 Å².